The molecule has 162 valence electrons. The molecule has 2 aromatic carbocycles. The van der Waals surface area contributed by atoms with Crippen molar-refractivity contribution in [1.29, 1.82) is 0 Å². The van der Waals surface area contributed by atoms with Crippen LogP contribution in [0.4, 0.5) is 0 Å². The molecular weight excluding hydrogens is 418 g/mol. The summed E-state index contributed by atoms with van der Waals surface area (Å²) >= 11 is 0. The predicted molar refractivity (Wildman–Crippen MR) is 114 cm³/mol. The number of hydrogen-bond acceptors (Lipinski definition) is 5. The first-order valence-electron chi connectivity index (χ1n) is 9.92. The molecule has 9 heteroatoms. The number of sulfonamides is 1. The summed E-state index contributed by atoms with van der Waals surface area (Å²) in [5.41, 5.74) is 2.61. The lowest BCUT2D eigenvalue weighted by Gasteiger charge is -2.10. The number of rotatable bonds is 7. The molecule has 0 spiro atoms. The second kappa shape index (κ2) is 8.16. The maximum Gasteiger partial charge on any atom is 0.289 e. The molecule has 1 aliphatic heterocycles. The fourth-order valence-electron chi connectivity index (χ4n) is 3.34. The van der Waals surface area contributed by atoms with Crippen molar-refractivity contribution in [2.24, 2.45) is 0 Å². The van der Waals surface area contributed by atoms with Crippen LogP contribution in [0.2, 0.25) is 0 Å². The molecule has 0 radical (unpaired) electrons. The number of likely N-dealkylation sites (N-methyl/N-ethyl adjacent to an activating group) is 1. The zero-order valence-corrected chi connectivity index (χ0v) is 17.8. The monoisotopic (exact) mass is 441 g/mol. The maximum absolute atomic E-state index is 12.3. The Morgan fingerprint density at radius 3 is 2.45 bits per heavy atom. The van der Waals surface area contributed by atoms with E-state index in [1.54, 1.807) is 24.3 Å². The van der Waals surface area contributed by atoms with E-state index in [9.17, 15) is 23.1 Å². The van der Waals surface area contributed by atoms with E-state index in [2.05, 4.69) is 10.0 Å². The Hall–Kier alpha value is -3.17. The van der Waals surface area contributed by atoms with Gasteiger partial charge in [0.25, 0.3) is 11.8 Å². The number of carbonyl (C=O) groups is 2. The Bertz CT molecular complexity index is 1170. The quantitative estimate of drug-likeness (QED) is 0.605. The van der Waals surface area contributed by atoms with Crippen molar-refractivity contribution in [3.05, 3.63) is 65.4 Å². The van der Waals surface area contributed by atoms with Gasteiger partial charge in [-0.25, -0.2) is 13.1 Å². The molecular formula is C22H23N3O5S. The molecule has 0 unspecified atom stereocenters. The van der Waals surface area contributed by atoms with Crippen molar-refractivity contribution >= 4 is 21.8 Å². The molecule has 2 aliphatic rings. The second-order valence-electron chi connectivity index (χ2n) is 7.79. The number of nitrogens with zero attached hydrogens (tertiary/aromatic N) is 1. The van der Waals surface area contributed by atoms with E-state index in [1.807, 2.05) is 24.3 Å². The number of aliphatic hydroxyl groups excluding tert-OH is 1. The molecule has 0 bridgehead atoms. The molecule has 1 heterocycles. The van der Waals surface area contributed by atoms with Crippen molar-refractivity contribution in [3.63, 3.8) is 0 Å². The molecule has 8 nitrogen and oxygen atoms in total. The molecule has 1 fully saturated rings. The van der Waals surface area contributed by atoms with Crippen molar-refractivity contribution in [3.8, 4) is 11.1 Å². The zero-order chi connectivity index (χ0) is 22.2. The number of benzene rings is 2. The first-order valence-corrected chi connectivity index (χ1v) is 11.4. The molecule has 3 N–H and O–H groups in total. The summed E-state index contributed by atoms with van der Waals surface area (Å²) < 4.78 is 27.3. The van der Waals surface area contributed by atoms with Crippen LogP contribution in [0.3, 0.4) is 0 Å². The van der Waals surface area contributed by atoms with E-state index in [0.29, 0.717) is 0 Å². The third-order valence-corrected chi connectivity index (χ3v) is 6.82. The van der Waals surface area contributed by atoms with Crippen LogP contribution < -0.4 is 10.0 Å². The van der Waals surface area contributed by atoms with E-state index in [4.69, 9.17) is 0 Å². The summed E-state index contributed by atoms with van der Waals surface area (Å²) in [5, 5.41) is 12.5. The predicted octanol–water partition coefficient (Wildman–Crippen LogP) is 1.69. The van der Waals surface area contributed by atoms with Crippen molar-refractivity contribution < 1.29 is 23.1 Å². The van der Waals surface area contributed by atoms with Crippen molar-refractivity contribution in [2.75, 3.05) is 13.6 Å². The Morgan fingerprint density at radius 1 is 1.13 bits per heavy atom. The molecule has 0 atom stereocenters. The summed E-state index contributed by atoms with van der Waals surface area (Å²) in [5.74, 6) is -1.57. The van der Waals surface area contributed by atoms with E-state index < -0.39 is 27.6 Å². The lowest BCUT2D eigenvalue weighted by molar-refractivity contribution is -0.126. The first-order chi connectivity index (χ1) is 14.7. The molecule has 0 aromatic heterocycles. The fraction of sp³-hybridized carbons (Fsp3) is 0.273. The van der Waals surface area contributed by atoms with Crippen molar-refractivity contribution in [1.82, 2.24) is 14.9 Å². The third-order valence-electron chi connectivity index (χ3n) is 5.28. The Kier molecular flexibility index (Phi) is 5.55. The molecule has 2 amide bonds. The Labute approximate surface area is 180 Å². The van der Waals surface area contributed by atoms with Gasteiger partial charge in [0.05, 0.1) is 17.0 Å². The molecule has 2 aromatic rings. The molecule has 1 aliphatic carbocycles. The van der Waals surface area contributed by atoms with Crippen LogP contribution in [0.25, 0.3) is 11.1 Å². The van der Waals surface area contributed by atoms with E-state index >= 15 is 0 Å². The second-order valence-corrected chi connectivity index (χ2v) is 9.51. The van der Waals surface area contributed by atoms with Gasteiger partial charge in [-0.1, -0.05) is 30.3 Å². The molecule has 4 rings (SSSR count). The zero-order valence-electron chi connectivity index (χ0n) is 17.0. The number of aliphatic hydroxyl groups is 1. The van der Waals surface area contributed by atoms with Crippen LogP contribution in [-0.2, 0) is 26.2 Å². The SMILES string of the molecule is CN1CC(C(=O)NCc2cccc(-c3ccc(S(=O)(=O)NC4CC4)cc3)c2)=C(O)C1=O. The van der Waals surface area contributed by atoms with E-state index in [0.717, 1.165) is 29.5 Å². The number of nitrogens with one attached hydrogen (secondary N) is 2. The minimum atomic E-state index is -3.49. The minimum absolute atomic E-state index is 0.0528. The van der Waals surface area contributed by atoms with Crippen LogP contribution in [0.5, 0.6) is 0 Å². The van der Waals surface area contributed by atoms with Gasteiger partial charge in [-0.3, -0.25) is 9.59 Å². The normalized spacial score (nSPS) is 16.7. The average Bonchev–Trinajstić information content (AvgIpc) is 3.53. The van der Waals surface area contributed by atoms with E-state index in [-0.39, 0.29) is 29.6 Å². The number of amides is 2. The maximum atomic E-state index is 12.3. The van der Waals surface area contributed by atoms with Crippen LogP contribution in [-0.4, -0.2) is 49.9 Å². The Morgan fingerprint density at radius 2 is 1.84 bits per heavy atom. The highest BCUT2D eigenvalue weighted by atomic mass is 32.2. The van der Waals surface area contributed by atoms with Gasteiger partial charge in [0.2, 0.25) is 10.0 Å². The lowest BCUT2D eigenvalue weighted by atomic mass is 10.0. The van der Waals surface area contributed by atoms with Gasteiger partial charge in [0, 0.05) is 19.6 Å². The standard InChI is InChI=1S/C22H23N3O5S/c1-25-13-19(20(26)22(25)28)21(27)23-12-14-3-2-4-16(11-14)15-5-9-18(10-6-15)31(29,30)24-17-7-8-17/h2-6,9-11,17,24,26H,7-8,12-13H2,1H3,(H,23,27). The summed E-state index contributed by atoms with van der Waals surface area (Å²) in [4.78, 5) is 25.5. The lowest BCUT2D eigenvalue weighted by Crippen LogP contribution is -2.27. The van der Waals surface area contributed by atoms with Gasteiger partial charge in [-0.2, -0.15) is 0 Å². The highest BCUT2D eigenvalue weighted by Gasteiger charge is 2.31. The third kappa shape index (κ3) is 4.62. The Balaban J connectivity index is 1.44. The summed E-state index contributed by atoms with van der Waals surface area (Å²) in [6, 6.07) is 14.2. The largest absolute Gasteiger partial charge is 0.503 e. The van der Waals surface area contributed by atoms with Gasteiger partial charge < -0.3 is 15.3 Å². The molecule has 0 saturated heterocycles. The van der Waals surface area contributed by atoms with E-state index in [1.165, 1.54) is 11.9 Å². The van der Waals surface area contributed by atoms with Crippen LogP contribution in [0.15, 0.2) is 64.8 Å². The van der Waals surface area contributed by atoms with Crippen LogP contribution in [0.1, 0.15) is 18.4 Å². The van der Waals surface area contributed by atoms with Gasteiger partial charge in [-0.05, 0) is 47.7 Å². The molecule has 31 heavy (non-hydrogen) atoms. The number of carbonyl (C=O) groups excluding carboxylic acids is 2. The van der Waals surface area contributed by atoms with Crippen molar-refractivity contribution in [2.45, 2.75) is 30.3 Å². The first kappa shape index (κ1) is 21.1. The summed E-state index contributed by atoms with van der Waals surface area (Å²) in [6.45, 7) is 0.292. The molecule has 1 saturated carbocycles. The van der Waals surface area contributed by atoms with Gasteiger partial charge in [-0.15, -0.1) is 0 Å². The highest BCUT2D eigenvalue weighted by molar-refractivity contribution is 7.89. The topological polar surface area (TPSA) is 116 Å². The smallest absolute Gasteiger partial charge is 0.289 e. The summed E-state index contributed by atoms with van der Waals surface area (Å²) in [6.07, 6.45) is 1.76. The van der Waals surface area contributed by atoms with Gasteiger partial charge in [0.1, 0.15) is 0 Å². The van der Waals surface area contributed by atoms with Gasteiger partial charge in [0.15, 0.2) is 5.76 Å². The van der Waals surface area contributed by atoms with Gasteiger partial charge >= 0.3 is 0 Å². The summed E-state index contributed by atoms with van der Waals surface area (Å²) in [7, 11) is -1.98. The highest BCUT2D eigenvalue weighted by Crippen LogP contribution is 2.25. The number of hydrogen-bond donors (Lipinski definition) is 3. The minimum Gasteiger partial charge on any atom is -0.503 e. The fourth-order valence-corrected chi connectivity index (χ4v) is 4.64. The van der Waals surface area contributed by atoms with Crippen LogP contribution >= 0.6 is 0 Å². The average molecular weight is 442 g/mol. The van der Waals surface area contributed by atoms with Crippen LogP contribution in [0, 0.1) is 0 Å².